The van der Waals surface area contributed by atoms with Crippen molar-refractivity contribution in [1.29, 1.82) is 0 Å². The molecule has 0 aromatic heterocycles. The molecule has 4 nitrogen and oxygen atoms in total. The lowest BCUT2D eigenvalue weighted by molar-refractivity contribution is -0.126. The van der Waals surface area contributed by atoms with Crippen molar-refractivity contribution in [3.63, 3.8) is 0 Å². The molecule has 0 spiro atoms. The monoisotopic (exact) mass is 287 g/mol. The second-order valence-corrected chi connectivity index (χ2v) is 6.51. The quantitative estimate of drug-likeness (QED) is 0.848. The van der Waals surface area contributed by atoms with Gasteiger partial charge in [0.05, 0.1) is 17.9 Å². The summed E-state index contributed by atoms with van der Waals surface area (Å²) in [6.07, 6.45) is 0.127. The van der Waals surface area contributed by atoms with Gasteiger partial charge in [0.2, 0.25) is 5.91 Å². The minimum Gasteiger partial charge on any atom is -0.273 e. The molecule has 5 heteroatoms. The molecular formula is C15H13NO3S. The van der Waals surface area contributed by atoms with Gasteiger partial charge in [-0.1, -0.05) is 48.5 Å². The van der Waals surface area contributed by atoms with E-state index in [1.165, 1.54) is 0 Å². The van der Waals surface area contributed by atoms with Gasteiger partial charge < -0.3 is 0 Å². The first kappa shape index (κ1) is 12.9. The molecule has 1 amide bonds. The number of hydrogen-bond donors (Lipinski definition) is 0. The van der Waals surface area contributed by atoms with Crippen LogP contribution in [0, 0.1) is 0 Å². The fraction of sp³-hybridized carbons (Fsp3) is 0.133. The Morgan fingerprint density at radius 1 is 0.950 bits per heavy atom. The van der Waals surface area contributed by atoms with E-state index in [4.69, 9.17) is 0 Å². The van der Waals surface area contributed by atoms with Crippen LogP contribution in [0.3, 0.4) is 0 Å². The van der Waals surface area contributed by atoms with E-state index in [2.05, 4.69) is 0 Å². The molecule has 1 aliphatic rings. The van der Waals surface area contributed by atoms with E-state index in [1.807, 2.05) is 30.3 Å². The minimum atomic E-state index is -3.75. The smallest absolute Gasteiger partial charge is 0.267 e. The highest BCUT2D eigenvalue weighted by atomic mass is 32.2. The molecule has 0 atom stereocenters. The van der Waals surface area contributed by atoms with Crippen LogP contribution in [0.25, 0.3) is 0 Å². The zero-order valence-electron chi connectivity index (χ0n) is 10.7. The van der Waals surface area contributed by atoms with Crippen molar-refractivity contribution in [3.8, 4) is 0 Å². The Kier molecular flexibility index (Phi) is 3.06. The molecule has 3 rings (SSSR count). The summed E-state index contributed by atoms with van der Waals surface area (Å²) < 4.78 is 26.0. The zero-order valence-corrected chi connectivity index (χ0v) is 11.5. The molecule has 0 fully saturated rings. The van der Waals surface area contributed by atoms with E-state index in [-0.39, 0.29) is 23.8 Å². The third kappa shape index (κ3) is 2.10. The first-order chi connectivity index (χ1) is 9.59. The van der Waals surface area contributed by atoms with Gasteiger partial charge in [0.1, 0.15) is 0 Å². The second-order valence-electron chi connectivity index (χ2n) is 4.68. The van der Waals surface area contributed by atoms with Gasteiger partial charge in [-0.05, 0) is 17.2 Å². The summed E-state index contributed by atoms with van der Waals surface area (Å²) in [6, 6.07) is 15.8. The van der Waals surface area contributed by atoms with Crippen LogP contribution in [0.2, 0.25) is 0 Å². The van der Waals surface area contributed by atoms with Gasteiger partial charge in [-0.2, -0.15) is 0 Å². The lowest BCUT2D eigenvalue weighted by Gasteiger charge is -2.28. The highest BCUT2D eigenvalue weighted by Gasteiger charge is 2.36. The normalized spacial score (nSPS) is 16.8. The molecule has 0 aliphatic carbocycles. The topological polar surface area (TPSA) is 54.5 Å². The Hall–Kier alpha value is -2.14. The second kappa shape index (κ2) is 4.76. The summed E-state index contributed by atoms with van der Waals surface area (Å²) in [5, 5.41) is 0. The number of carbonyl (C=O) groups is 1. The third-order valence-electron chi connectivity index (χ3n) is 3.33. The summed E-state index contributed by atoms with van der Waals surface area (Å²) >= 11 is 0. The molecule has 2 aromatic rings. The molecule has 1 heterocycles. The van der Waals surface area contributed by atoms with Crippen LogP contribution < -0.4 is 0 Å². The Morgan fingerprint density at radius 2 is 1.60 bits per heavy atom. The summed E-state index contributed by atoms with van der Waals surface area (Å²) in [6.45, 7) is 0.0797. The molecule has 0 unspecified atom stereocenters. The Balaban J connectivity index is 2.03. The van der Waals surface area contributed by atoms with Gasteiger partial charge in [-0.15, -0.1) is 0 Å². The van der Waals surface area contributed by atoms with Gasteiger partial charge in [0.25, 0.3) is 10.0 Å². The third-order valence-corrected chi connectivity index (χ3v) is 5.20. The number of rotatable bonds is 2. The SMILES string of the molecule is O=C1Cc2ccccc2S(=O)(=O)N1Cc1ccccc1. The predicted molar refractivity (Wildman–Crippen MR) is 74.3 cm³/mol. The number of benzene rings is 2. The number of nitrogens with zero attached hydrogens (tertiary/aromatic N) is 1. The largest absolute Gasteiger partial charge is 0.273 e. The van der Waals surface area contributed by atoms with Crippen LogP contribution in [-0.2, 0) is 27.8 Å². The maximum atomic E-state index is 12.5. The molecule has 0 N–H and O–H groups in total. The van der Waals surface area contributed by atoms with Gasteiger partial charge in [0, 0.05) is 0 Å². The van der Waals surface area contributed by atoms with Crippen LogP contribution >= 0.6 is 0 Å². The van der Waals surface area contributed by atoms with Gasteiger partial charge in [-0.25, -0.2) is 12.7 Å². The molecule has 0 radical (unpaired) electrons. The van der Waals surface area contributed by atoms with Gasteiger partial charge in [-0.3, -0.25) is 4.79 Å². The highest BCUT2D eigenvalue weighted by Crippen LogP contribution is 2.28. The van der Waals surface area contributed by atoms with E-state index in [9.17, 15) is 13.2 Å². The molecule has 0 saturated carbocycles. The number of hydrogen-bond acceptors (Lipinski definition) is 3. The lowest BCUT2D eigenvalue weighted by Crippen LogP contribution is -2.41. The molecular weight excluding hydrogens is 274 g/mol. The van der Waals surface area contributed by atoms with Crippen LogP contribution in [-0.4, -0.2) is 18.6 Å². The summed E-state index contributed by atoms with van der Waals surface area (Å²) in [4.78, 5) is 12.4. The van der Waals surface area contributed by atoms with Gasteiger partial charge >= 0.3 is 0 Å². The summed E-state index contributed by atoms with van der Waals surface area (Å²) in [5.74, 6) is -0.382. The number of fused-ring (bicyclic) bond motifs is 1. The van der Waals surface area contributed by atoms with Crippen molar-refractivity contribution in [1.82, 2.24) is 4.31 Å². The van der Waals surface area contributed by atoms with Crippen molar-refractivity contribution in [2.45, 2.75) is 17.9 Å². The van der Waals surface area contributed by atoms with Crippen molar-refractivity contribution in [2.75, 3.05) is 0 Å². The van der Waals surface area contributed by atoms with Crippen LogP contribution in [0.4, 0.5) is 0 Å². The molecule has 0 saturated heterocycles. The number of carbonyl (C=O) groups excluding carboxylic acids is 1. The first-order valence-corrected chi connectivity index (χ1v) is 7.70. The molecule has 1 aliphatic heterocycles. The van der Waals surface area contributed by atoms with E-state index in [1.54, 1.807) is 24.3 Å². The molecule has 102 valence electrons. The standard InChI is InChI=1S/C15H13NO3S/c17-15-10-13-8-4-5-9-14(13)20(18,19)16(15)11-12-6-2-1-3-7-12/h1-9H,10-11H2. The van der Waals surface area contributed by atoms with Crippen molar-refractivity contribution < 1.29 is 13.2 Å². The van der Waals surface area contributed by atoms with Crippen LogP contribution in [0.5, 0.6) is 0 Å². The lowest BCUT2D eigenvalue weighted by atomic mass is 10.1. The number of sulfonamides is 1. The predicted octanol–water partition coefficient (Wildman–Crippen LogP) is 1.96. The average molecular weight is 287 g/mol. The van der Waals surface area contributed by atoms with Crippen molar-refractivity contribution in [2.24, 2.45) is 0 Å². The molecule has 2 aromatic carbocycles. The van der Waals surface area contributed by atoms with Gasteiger partial charge in [0.15, 0.2) is 0 Å². The highest BCUT2D eigenvalue weighted by molar-refractivity contribution is 7.89. The van der Waals surface area contributed by atoms with E-state index < -0.39 is 10.0 Å². The van der Waals surface area contributed by atoms with E-state index >= 15 is 0 Å². The fourth-order valence-electron chi connectivity index (χ4n) is 2.33. The summed E-state index contributed by atoms with van der Waals surface area (Å²) in [5.41, 5.74) is 1.37. The van der Waals surface area contributed by atoms with E-state index in [0.29, 0.717) is 5.56 Å². The molecule has 20 heavy (non-hydrogen) atoms. The zero-order chi connectivity index (χ0) is 14.2. The Morgan fingerprint density at radius 3 is 2.35 bits per heavy atom. The number of amides is 1. The van der Waals surface area contributed by atoms with Crippen molar-refractivity contribution in [3.05, 3.63) is 65.7 Å². The van der Waals surface area contributed by atoms with Crippen molar-refractivity contribution >= 4 is 15.9 Å². The summed E-state index contributed by atoms with van der Waals surface area (Å²) in [7, 11) is -3.75. The first-order valence-electron chi connectivity index (χ1n) is 6.26. The Labute approximate surface area is 117 Å². The minimum absolute atomic E-state index is 0.0797. The average Bonchev–Trinajstić information content (AvgIpc) is 2.45. The maximum absolute atomic E-state index is 12.5. The van der Waals surface area contributed by atoms with Crippen LogP contribution in [0.1, 0.15) is 11.1 Å². The maximum Gasteiger partial charge on any atom is 0.267 e. The van der Waals surface area contributed by atoms with Crippen LogP contribution in [0.15, 0.2) is 59.5 Å². The Bertz CT molecular complexity index is 754. The van der Waals surface area contributed by atoms with E-state index in [0.717, 1.165) is 9.87 Å². The fourth-order valence-corrected chi connectivity index (χ4v) is 3.94. The molecule has 0 bridgehead atoms.